The average molecular weight is 366 g/mol. The van der Waals surface area contributed by atoms with Crippen molar-refractivity contribution in [2.45, 2.75) is 96.6 Å². The maximum Gasteiger partial charge on any atom is 0.303 e. The van der Waals surface area contributed by atoms with Gasteiger partial charge in [-0.1, -0.05) is 26.7 Å². The Kier molecular flexibility index (Phi) is 11.0. The lowest BCUT2D eigenvalue weighted by molar-refractivity contribution is -0.137. The van der Waals surface area contributed by atoms with E-state index in [9.17, 15) is 14.7 Å². The molecular weight excluding hydrogens is 330 g/mol. The Labute approximate surface area is 158 Å². The molecule has 0 radical (unpaired) electrons. The number of aliphatic hydroxyl groups is 1. The van der Waals surface area contributed by atoms with Gasteiger partial charge in [-0.2, -0.15) is 0 Å². The van der Waals surface area contributed by atoms with Crippen molar-refractivity contribution in [3.63, 3.8) is 0 Å². The predicted molar refractivity (Wildman–Crippen MR) is 103 cm³/mol. The Morgan fingerprint density at radius 1 is 1.27 bits per heavy atom. The molecule has 0 aromatic carbocycles. The van der Waals surface area contributed by atoms with Crippen LogP contribution >= 0.6 is 0 Å². The summed E-state index contributed by atoms with van der Waals surface area (Å²) in [5.41, 5.74) is 0. The number of carbonyl (C=O) groups is 2. The fourth-order valence-corrected chi connectivity index (χ4v) is 3.45. The zero-order valence-corrected chi connectivity index (χ0v) is 16.4. The fourth-order valence-electron chi connectivity index (χ4n) is 3.45. The molecule has 5 nitrogen and oxygen atoms in total. The highest BCUT2D eigenvalue weighted by molar-refractivity contribution is 5.78. The number of nitrogens with zero attached hydrogens (tertiary/aromatic N) is 1. The smallest absolute Gasteiger partial charge is 0.303 e. The van der Waals surface area contributed by atoms with E-state index in [1.54, 1.807) is 0 Å². The molecule has 26 heavy (non-hydrogen) atoms. The molecule has 1 saturated heterocycles. The molecule has 0 saturated carbocycles. The number of likely N-dealkylation sites (tertiary alicyclic amines) is 1. The van der Waals surface area contributed by atoms with Crippen molar-refractivity contribution >= 4 is 11.9 Å². The van der Waals surface area contributed by atoms with Crippen LogP contribution in [0.25, 0.3) is 0 Å². The van der Waals surface area contributed by atoms with Gasteiger partial charge in [0.15, 0.2) is 0 Å². The summed E-state index contributed by atoms with van der Waals surface area (Å²) >= 11 is 0. The van der Waals surface area contributed by atoms with E-state index in [0.717, 1.165) is 51.5 Å². The minimum atomic E-state index is -0.742. The van der Waals surface area contributed by atoms with Crippen LogP contribution in [-0.2, 0) is 9.59 Å². The van der Waals surface area contributed by atoms with Gasteiger partial charge in [0.2, 0.25) is 5.91 Å². The minimum Gasteiger partial charge on any atom is -0.481 e. The standard InChI is InChI=1S/C21H35NO4/c1-3-4-7-10-17(2)19(23)14-12-18-13-15-20(24)22(18)16-9-6-5-8-11-21(25)26/h17-19,23H,3,5-6,8-16H2,1-2H3,(H,25,26)/t17-,18+,19+/m1/s1. The van der Waals surface area contributed by atoms with Crippen LogP contribution in [0, 0.1) is 17.8 Å². The summed E-state index contributed by atoms with van der Waals surface area (Å²) in [6, 6.07) is 0.241. The van der Waals surface area contributed by atoms with Gasteiger partial charge in [0.25, 0.3) is 0 Å². The van der Waals surface area contributed by atoms with E-state index in [0.29, 0.717) is 19.3 Å². The lowest BCUT2D eigenvalue weighted by Crippen LogP contribution is -2.34. The summed E-state index contributed by atoms with van der Waals surface area (Å²) in [6.07, 6.45) is 7.96. The first kappa shape index (κ1) is 22.5. The summed E-state index contributed by atoms with van der Waals surface area (Å²) < 4.78 is 0. The predicted octanol–water partition coefficient (Wildman–Crippen LogP) is 3.59. The summed E-state index contributed by atoms with van der Waals surface area (Å²) in [5, 5.41) is 19.0. The summed E-state index contributed by atoms with van der Waals surface area (Å²) in [4.78, 5) is 24.6. The quantitative estimate of drug-likeness (QED) is 0.409. The molecule has 148 valence electrons. The molecule has 3 atom stereocenters. The molecule has 0 aromatic rings. The van der Waals surface area contributed by atoms with E-state index < -0.39 is 5.97 Å². The Morgan fingerprint density at radius 3 is 2.69 bits per heavy atom. The second-order valence-electron chi connectivity index (χ2n) is 7.37. The Hall–Kier alpha value is -1.54. The topological polar surface area (TPSA) is 77.8 Å². The SMILES string of the molecule is CCC#CC[C@@H](C)[C@@H](O)CC[C@H]1CCC(=O)N1CCCCCCC(=O)O. The van der Waals surface area contributed by atoms with E-state index in [4.69, 9.17) is 5.11 Å². The highest BCUT2D eigenvalue weighted by Gasteiger charge is 2.30. The number of aliphatic hydroxyl groups excluding tert-OH is 1. The first-order valence-electron chi connectivity index (χ1n) is 10.1. The number of carboxylic acid groups (broad SMARTS) is 1. The molecule has 5 heteroatoms. The Balaban J connectivity index is 2.29. The number of rotatable bonds is 12. The Morgan fingerprint density at radius 2 is 2.00 bits per heavy atom. The molecule has 0 unspecified atom stereocenters. The number of aliphatic carboxylic acids is 1. The van der Waals surface area contributed by atoms with E-state index in [1.165, 1.54) is 0 Å². The van der Waals surface area contributed by atoms with E-state index in [2.05, 4.69) is 11.8 Å². The highest BCUT2D eigenvalue weighted by atomic mass is 16.4. The number of carboxylic acids is 1. The molecule has 2 N–H and O–H groups in total. The highest BCUT2D eigenvalue weighted by Crippen LogP contribution is 2.25. The average Bonchev–Trinajstić information content (AvgIpc) is 2.95. The monoisotopic (exact) mass is 365 g/mol. The number of carbonyl (C=O) groups excluding carboxylic acids is 1. The fraction of sp³-hybridized carbons (Fsp3) is 0.810. The van der Waals surface area contributed by atoms with Gasteiger partial charge in [-0.05, 0) is 38.0 Å². The molecule has 1 rings (SSSR count). The molecule has 0 aromatic heterocycles. The summed E-state index contributed by atoms with van der Waals surface area (Å²) in [6.45, 7) is 4.81. The van der Waals surface area contributed by atoms with Crippen molar-refractivity contribution < 1.29 is 19.8 Å². The minimum absolute atomic E-state index is 0.161. The number of hydrogen-bond acceptors (Lipinski definition) is 3. The van der Waals surface area contributed by atoms with Gasteiger partial charge in [0.05, 0.1) is 6.10 Å². The zero-order valence-electron chi connectivity index (χ0n) is 16.4. The molecule has 0 spiro atoms. The van der Waals surface area contributed by atoms with Crippen LogP contribution in [0.1, 0.15) is 84.5 Å². The maximum atomic E-state index is 12.1. The van der Waals surface area contributed by atoms with Crippen LogP contribution in [0.3, 0.4) is 0 Å². The maximum absolute atomic E-state index is 12.1. The van der Waals surface area contributed by atoms with Crippen LogP contribution in [0.4, 0.5) is 0 Å². The van der Waals surface area contributed by atoms with Gasteiger partial charge in [-0.25, -0.2) is 0 Å². The van der Waals surface area contributed by atoms with Gasteiger partial charge in [0.1, 0.15) is 0 Å². The molecule has 1 heterocycles. The number of amides is 1. The van der Waals surface area contributed by atoms with E-state index in [1.807, 2.05) is 18.7 Å². The molecule has 0 bridgehead atoms. The summed E-state index contributed by atoms with van der Waals surface area (Å²) in [5.74, 6) is 5.78. The largest absolute Gasteiger partial charge is 0.481 e. The van der Waals surface area contributed by atoms with Crippen molar-refractivity contribution in [2.75, 3.05) is 6.54 Å². The van der Waals surface area contributed by atoms with Crippen LogP contribution < -0.4 is 0 Å². The Bertz CT molecular complexity index is 494. The van der Waals surface area contributed by atoms with Crippen molar-refractivity contribution in [3.8, 4) is 11.8 Å². The van der Waals surface area contributed by atoms with Gasteiger partial charge in [-0.3, -0.25) is 9.59 Å². The van der Waals surface area contributed by atoms with Crippen LogP contribution in [-0.4, -0.2) is 45.7 Å². The van der Waals surface area contributed by atoms with Crippen LogP contribution in [0.15, 0.2) is 0 Å². The number of unbranched alkanes of at least 4 members (excludes halogenated alkanes) is 3. The van der Waals surface area contributed by atoms with Crippen molar-refractivity contribution in [1.29, 1.82) is 0 Å². The normalized spacial score (nSPS) is 19.1. The van der Waals surface area contributed by atoms with E-state index >= 15 is 0 Å². The zero-order chi connectivity index (χ0) is 19.4. The first-order valence-corrected chi connectivity index (χ1v) is 10.1. The van der Waals surface area contributed by atoms with Crippen molar-refractivity contribution in [1.82, 2.24) is 4.90 Å². The van der Waals surface area contributed by atoms with Crippen LogP contribution in [0.2, 0.25) is 0 Å². The third kappa shape index (κ3) is 8.71. The second kappa shape index (κ2) is 12.8. The molecule has 0 aliphatic carbocycles. The summed E-state index contributed by atoms with van der Waals surface area (Å²) in [7, 11) is 0. The van der Waals surface area contributed by atoms with Gasteiger partial charge in [0, 0.05) is 38.3 Å². The molecule has 1 amide bonds. The second-order valence-corrected chi connectivity index (χ2v) is 7.37. The van der Waals surface area contributed by atoms with Gasteiger partial charge in [-0.15, -0.1) is 11.8 Å². The first-order chi connectivity index (χ1) is 12.5. The lowest BCUT2D eigenvalue weighted by Gasteiger charge is -2.26. The third-order valence-corrected chi connectivity index (χ3v) is 5.17. The van der Waals surface area contributed by atoms with Crippen molar-refractivity contribution in [2.24, 2.45) is 5.92 Å². The number of hydrogen-bond donors (Lipinski definition) is 2. The lowest BCUT2D eigenvalue weighted by atomic mass is 9.95. The van der Waals surface area contributed by atoms with Gasteiger partial charge >= 0.3 is 5.97 Å². The molecule has 1 aliphatic rings. The third-order valence-electron chi connectivity index (χ3n) is 5.17. The van der Waals surface area contributed by atoms with Crippen molar-refractivity contribution in [3.05, 3.63) is 0 Å². The molecule has 1 fully saturated rings. The molecule has 1 aliphatic heterocycles. The van der Waals surface area contributed by atoms with E-state index in [-0.39, 0.29) is 30.4 Å². The molecular formula is C21H35NO4. The van der Waals surface area contributed by atoms with Crippen LogP contribution in [0.5, 0.6) is 0 Å². The van der Waals surface area contributed by atoms with Gasteiger partial charge < -0.3 is 15.1 Å².